The molecule has 0 radical (unpaired) electrons. The number of hydrogen-bond acceptors (Lipinski definition) is 6. The fourth-order valence-electron chi connectivity index (χ4n) is 3.37. The van der Waals surface area contributed by atoms with Crippen molar-refractivity contribution in [2.75, 3.05) is 26.3 Å². The molecule has 1 aliphatic heterocycles. The molecule has 1 aromatic heterocycles. The fourth-order valence-corrected chi connectivity index (χ4v) is 3.37. The highest BCUT2D eigenvalue weighted by atomic mass is 16.5. The van der Waals surface area contributed by atoms with E-state index in [1.54, 1.807) is 23.1 Å². The quantitative estimate of drug-likeness (QED) is 0.643. The van der Waals surface area contributed by atoms with Crippen LogP contribution in [0.2, 0.25) is 0 Å². The van der Waals surface area contributed by atoms with E-state index in [0.29, 0.717) is 37.1 Å². The van der Waals surface area contributed by atoms with E-state index >= 15 is 0 Å². The molecule has 1 aliphatic carbocycles. The maximum atomic E-state index is 12.8. The van der Waals surface area contributed by atoms with Crippen LogP contribution in [-0.2, 0) is 16.1 Å². The van der Waals surface area contributed by atoms with Gasteiger partial charge in [0, 0.05) is 25.8 Å². The van der Waals surface area contributed by atoms with Crippen molar-refractivity contribution in [3.63, 3.8) is 0 Å². The summed E-state index contributed by atoms with van der Waals surface area (Å²) in [6, 6.07) is 10.8. The first-order chi connectivity index (χ1) is 14.7. The minimum Gasteiger partial charge on any atom is -0.484 e. The lowest BCUT2D eigenvalue weighted by molar-refractivity contribution is -0.136. The number of aromatic nitrogens is 1. The maximum Gasteiger partial charge on any atom is 0.273 e. The van der Waals surface area contributed by atoms with E-state index < -0.39 is 0 Å². The summed E-state index contributed by atoms with van der Waals surface area (Å²) in [7, 11) is 0. The van der Waals surface area contributed by atoms with Crippen LogP contribution in [0.5, 0.6) is 5.75 Å². The predicted molar refractivity (Wildman–Crippen MR) is 108 cm³/mol. The molecule has 2 aromatic rings. The molecule has 2 fully saturated rings. The van der Waals surface area contributed by atoms with E-state index in [0.717, 1.165) is 25.7 Å². The Hall–Kier alpha value is -2.87. The van der Waals surface area contributed by atoms with Gasteiger partial charge in [-0.3, -0.25) is 9.59 Å². The summed E-state index contributed by atoms with van der Waals surface area (Å²) in [6.07, 6.45) is 4.22. The number of amides is 2. The van der Waals surface area contributed by atoms with Crippen molar-refractivity contribution >= 4 is 11.8 Å². The zero-order chi connectivity index (χ0) is 20.8. The Kier molecular flexibility index (Phi) is 6.63. The summed E-state index contributed by atoms with van der Waals surface area (Å²) < 4.78 is 16.6. The molecule has 0 bridgehead atoms. The first-order valence-corrected chi connectivity index (χ1v) is 10.5. The lowest BCUT2D eigenvalue weighted by Crippen LogP contribution is -2.39. The van der Waals surface area contributed by atoms with Crippen molar-refractivity contribution in [2.45, 2.75) is 38.3 Å². The number of nitrogens with zero attached hydrogens (tertiary/aromatic N) is 2. The van der Waals surface area contributed by atoms with Crippen LogP contribution in [0, 0.1) is 5.92 Å². The molecule has 8 heteroatoms. The number of nitrogens with one attached hydrogen (secondary N) is 1. The highest BCUT2D eigenvalue weighted by Gasteiger charge is 2.26. The van der Waals surface area contributed by atoms with Crippen molar-refractivity contribution < 1.29 is 23.6 Å². The SMILES string of the molecule is O=C(NCC1CC1)c1cc(CN(CC2CCCO2)C(=O)COc2ccccc2)on1. The largest absolute Gasteiger partial charge is 0.484 e. The summed E-state index contributed by atoms with van der Waals surface area (Å²) in [5.41, 5.74) is 0.232. The third-order valence-electron chi connectivity index (χ3n) is 5.29. The number of ether oxygens (including phenoxy) is 2. The molecule has 2 heterocycles. The van der Waals surface area contributed by atoms with Crippen molar-refractivity contribution in [3.8, 4) is 5.75 Å². The van der Waals surface area contributed by atoms with E-state index in [4.69, 9.17) is 14.0 Å². The van der Waals surface area contributed by atoms with E-state index in [1.165, 1.54) is 0 Å². The molecule has 4 rings (SSSR count). The lowest BCUT2D eigenvalue weighted by atomic mass is 10.2. The third kappa shape index (κ3) is 5.82. The van der Waals surface area contributed by atoms with Crippen molar-refractivity contribution in [3.05, 3.63) is 47.9 Å². The Morgan fingerprint density at radius 1 is 1.20 bits per heavy atom. The van der Waals surface area contributed by atoms with E-state index in [-0.39, 0.29) is 36.8 Å². The molecular weight excluding hydrogens is 386 g/mol. The van der Waals surface area contributed by atoms with E-state index in [2.05, 4.69) is 10.5 Å². The monoisotopic (exact) mass is 413 g/mol. The molecule has 160 valence electrons. The summed E-state index contributed by atoms with van der Waals surface area (Å²) in [5, 5.41) is 6.73. The standard InChI is InChI=1S/C22H27N3O5/c26-21(15-29-17-5-2-1-3-6-17)25(13-18-7-4-10-28-18)14-19-11-20(24-30-19)22(27)23-12-16-8-9-16/h1-3,5-6,11,16,18H,4,7-10,12-15H2,(H,23,27). The number of benzene rings is 1. The van der Waals surface area contributed by atoms with Crippen LogP contribution in [0.25, 0.3) is 0 Å². The van der Waals surface area contributed by atoms with Crippen molar-refractivity contribution in [1.82, 2.24) is 15.4 Å². The summed E-state index contributed by atoms with van der Waals surface area (Å²) in [5.74, 6) is 1.26. The second-order valence-electron chi connectivity index (χ2n) is 7.84. The summed E-state index contributed by atoms with van der Waals surface area (Å²) >= 11 is 0. The van der Waals surface area contributed by atoms with Crippen LogP contribution < -0.4 is 10.1 Å². The smallest absolute Gasteiger partial charge is 0.273 e. The molecule has 1 atom stereocenters. The van der Waals surface area contributed by atoms with Gasteiger partial charge in [0.1, 0.15) is 5.75 Å². The van der Waals surface area contributed by atoms with Gasteiger partial charge < -0.3 is 24.2 Å². The highest BCUT2D eigenvalue weighted by Crippen LogP contribution is 2.27. The summed E-state index contributed by atoms with van der Waals surface area (Å²) in [4.78, 5) is 26.7. The topological polar surface area (TPSA) is 93.9 Å². The summed E-state index contributed by atoms with van der Waals surface area (Å²) in [6.45, 7) is 1.95. The lowest BCUT2D eigenvalue weighted by Gasteiger charge is -2.24. The average Bonchev–Trinajstić information content (AvgIpc) is 3.23. The van der Waals surface area contributed by atoms with E-state index in [9.17, 15) is 9.59 Å². The minimum atomic E-state index is -0.249. The molecular formula is C22H27N3O5. The number of hydrogen-bond donors (Lipinski definition) is 1. The Morgan fingerprint density at radius 3 is 2.77 bits per heavy atom. The fraction of sp³-hybridized carbons (Fsp3) is 0.500. The molecule has 1 N–H and O–H groups in total. The maximum absolute atomic E-state index is 12.8. The zero-order valence-electron chi connectivity index (χ0n) is 16.9. The van der Waals surface area contributed by atoms with Gasteiger partial charge in [0.15, 0.2) is 18.1 Å². The van der Waals surface area contributed by atoms with Gasteiger partial charge in [-0.2, -0.15) is 0 Å². The normalized spacial score (nSPS) is 18.2. The van der Waals surface area contributed by atoms with E-state index in [1.807, 2.05) is 18.2 Å². The van der Waals surface area contributed by atoms with Crippen LogP contribution in [0.1, 0.15) is 41.9 Å². The Morgan fingerprint density at radius 2 is 2.03 bits per heavy atom. The van der Waals surface area contributed by atoms with Crippen LogP contribution >= 0.6 is 0 Å². The molecule has 1 saturated carbocycles. The van der Waals surface area contributed by atoms with Crippen molar-refractivity contribution in [2.24, 2.45) is 5.92 Å². The Labute approximate surface area is 175 Å². The minimum absolute atomic E-state index is 0.00472. The Bertz CT molecular complexity index is 843. The predicted octanol–water partition coefficient (Wildman–Crippen LogP) is 2.40. The third-order valence-corrected chi connectivity index (χ3v) is 5.29. The van der Waals surface area contributed by atoms with Crippen molar-refractivity contribution in [1.29, 1.82) is 0 Å². The molecule has 2 aliphatic rings. The van der Waals surface area contributed by atoms with Gasteiger partial charge >= 0.3 is 0 Å². The van der Waals surface area contributed by atoms with Crippen LogP contribution in [0.3, 0.4) is 0 Å². The highest BCUT2D eigenvalue weighted by molar-refractivity contribution is 5.92. The molecule has 0 spiro atoms. The number of rotatable bonds is 10. The first kappa shape index (κ1) is 20.4. The number of carbonyl (C=O) groups excluding carboxylic acids is 2. The second-order valence-corrected chi connectivity index (χ2v) is 7.84. The van der Waals surface area contributed by atoms with Crippen LogP contribution in [-0.4, -0.2) is 54.3 Å². The second kappa shape index (κ2) is 9.75. The van der Waals surface area contributed by atoms with Crippen LogP contribution in [0.4, 0.5) is 0 Å². The van der Waals surface area contributed by atoms with Gasteiger partial charge in [-0.1, -0.05) is 23.4 Å². The first-order valence-electron chi connectivity index (χ1n) is 10.5. The molecule has 1 saturated heterocycles. The number of para-hydroxylation sites is 1. The van der Waals surface area contributed by atoms with Gasteiger partial charge in [-0.15, -0.1) is 0 Å². The molecule has 8 nitrogen and oxygen atoms in total. The van der Waals surface area contributed by atoms with Crippen LogP contribution in [0.15, 0.2) is 40.9 Å². The molecule has 1 aromatic carbocycles. The number of carbonyl (C=O) groups is 2. The Balaban J connectivity index is 1.36. The van der Waals surface area contributed by atoms with Gasteiger partial charge in [-0.05, 0) is 43.7 Å². The molecule has 2 amide bonds. The van der Waals surface area contributed by atoms with Gasteiger partial charge in [0.2, 0.25) is 0 Å². The van der Waals surface area contributed by atoms with Gasteiger partial charge in [0.25, 0.3) is 11.8 Å². The molecule has 1 unspecified atom stereocenters. The molecule has 30 heavy (non-hydrogen) atoms. The van der Waals surface area contributed by atoms with Gasteiger partial charge in [0.05, 0.1) is 12.6 Å². The zero-order valence-corrected chi connectivity index (χ0v) is 16.9. The van der Waals surface area contributed by atoms with Gasteiger partial charge in [-0.25, -0.2) is 0 Å². The average molecular weight is 413 g/mol.